The van der Waals surface area contributed by atoms with Gasteiger partial charge in [0.2, 0.25) is 0 Å². The molecule has 0 spiro atoms. The minimum atomic E-state index is -0.0467. The summed E-state index contributed by atoms with van der Waals surface area (Å²) in [6, 6.07) is 7.94. The molecule has 0 aliphatic carbocycles. The summed E-state index contributed by atoms with van der Waals surface area (Å²) in [6.07, 6.45) is 13.9. The maximum Gasteiger partial charge on any atom is 0.251 e. The number of nitrogens with one attached hydrogen (secondary N) is 3. The van der Waals surface area contributed by atoms with Gasteiger partial charge >= 0.3 is 0 Å². The van der Waals surface area contributed by atoms with Crippen LogP contribution in [0.15, 0.2) is 36.7 Å². The topological polar surface area (TPSA) is 101 Å². The molecular weight excluding hydrogens is 414 g/mol. The first-order valence-corrected chi connectivity index (χ1v) is 12.2. The van der Waals surface area contributed by atoms with Gasteiger partial charge in [0.15, 0.2) is 5.95 Å². The number of imidazole rings is 1. The van der Waals surface area contributed by atoms with Crippen molar-refractivity contribution in [1.29, 1.82) is 0 Å². The summed E-state index contributed by atoms with van der Waals surface area (Å²) in [5.41, 5.74) is 4.15. The Morgan fingerprint density at radius 2 is 1.82 bits per heavy atom. The second-order valence-electron chi connectivity index (χ2n) is 8.45. The van der Waals surface area contributed by atoms with Gasteiger partial charge in [-0.3, -0.25) is 9.48 Å². The molecule has 3 N–H and O–H groups in total. The first kappa shape index (κ1) is 24.5. The van der Waals surface area contributed by atoms with E-state index in [2.05, 4.69) is 50.0 Å². The Hall–Kier alpha value is -3.16. The van der Waals surface area contributed by atoms with Crippen LogP contribution in [-0.2, 0) is 25.8 Å². The van der Waals surface area contributed by atoms with Crippen molar-refractivity contribution in [3.63, 3.8) is 0 Å². The van der Waals surface area contributed by atoms with E-state index in [1.165, 1.54) is 24.8 Å². The Morgan fingerprint density at radius 1 is 1.03 bits per heavy atom. The average Bonchev–Trinajstić information content (AvgIpc) is 3.49. The van der Waals surface area contributed by atoms with E-state index in [9.17, 15) is 4.79 Å². The van der Waals surface area contributed by atoms with E-state index in [1.54, 1.807) is 4.68 Å². The fourth-order valence-corrected chi connectivity index (χ4v) is 3.76. The molecule has 0 saturated carbocycles. The molecule has 0 unspecified atom stereocenters. The summed E-state index contributed by atoms with van der Waals surface area (Å²) in [5, 5.41) is 14.4. The zero-order valence-electron chi connectivity index (χ0n) is 19.9. The number of aromatic amines is 1. The summed E-state index contributed by atoms with van der Waals surface area (Å²) in [7, 11) is 1.86. The molecule has 0 saturated heterocycles. The molecule has 0 bridgehead atoms. The van der Waals surface area contributed by atoms with Gasteiger partial charge in [-0.2, -0.15) is 0 Å². The lowest BCUT2D eigenvalue weighted by atomic mass is 10.1. The molecule has 2 aromatic heterocycles. The highest BCUT2D eigenvalue weighted by molar-refractivity contribution is 5.94. The number of amides is 1. The second kappa shape index (κ2) is 13.4. The number of nitrogens with zero attached hydrogens (tertiary/aromatic N) is 4. The van der Waals surface area contributed by atoms with Crippen LogP contribution in [0.25, 0.3) is 0 Å². The van der Waals surface area contributed by atoms with E-state index in [0.717, 1.165) is 55.9 Å². The third-order valence-electron chi connectivity index (χ3n) is 5.74. The maximum absolute atomic E-state index is 12.4. The molecule has 0 aliphatic rings. The Morgan fingerprint density at radius 3 is 2.58 bits per heavy atom. The molecule has 3 aromatic rings. The molecule has 3 rings (SSSR count). The van der Waals surface area contributed by atoms with Crippen molar-refractivity contribution < 1.29 is 4.79 Å². The van der Waals surface area contributed by atoms with Crippen LogP contribution in [0.2, 0.25) is 0 Å². The smallest absolute Gasteiger partial charge is 0.251 e. The van der Waals surface area contributed by atoms with Gasteiger partial charge in [-0.15, -0.1) is 5.10 Å². The first-order valence-electron chi connectivity index (χ1n) is 12.2. The van der Waals surface area contributed by atoms with Crippen LogP contribution in [-0.4, -0.2) is 44.5 Å². The standard InChI is InChI=1S/C25H37N7O/c1-3-4-6-9-20-12-14-21(15-13-20)24(33)27-16-17-32-19-23(30-31-32)11-8-5-7-10-22-18-28-25(26-2)29-22/h12-15,18-19H,3-11,16-17H2,1-2H3,(H,27,33)(H2,26,28,29). The average molecular weight is 452 g/mol. The minimum absolute atomic E-state index is 0.0467. The molecule has 0 fully saturated rings. The molecule has 1 amide bonds. The van der Waals surface area contributed by atoms with Crippen molar-refractivity contribution in [3.05, 3.63) is 59.2 Å². The zero-order valence-corrected chi connectivity index (χ0v) is 19.9. The van der Waals surface area contributed by atoms with Crippen LogP contribution in [0.3, 0.4) is 0 Å². The molecule has 178 valence electrons. The zero-order chi connectivity index (χ0) is 23.3. The van der Waals surface area contributed by atoms with E-state index in [0.29, 0.717) is 18.7 Å². The van der Waals surface area contributed by atoms with E-state index in [1.807, 2.05) is 31.6 Å². The Labute approximate surface area is 196 Å². The molecule has 0 radical (unpaired) electrons. The quantitative estimate of drug-likeness (QED) is 0.301. The number of H-pyrrole nitrogens is 1. The number of rotatable bonds is 15. The summed E-state index contributed by atoms with van der Waals surface area (Å²) in [4.78, 5) is 19.9. The van der Waals surface area contributed by atoms with Crippen LogP contribution in [0.1, 0.15) is 72.8 Å². The summed E-state index contributed by atoms with van der Waals surface area (Å²) < 4.78 is 1.80. The SMILES string of the molecule is CCCCCc1ccc(C(=O)NCCn2cc(CCCCCc3cnc(NC)[nH]3)nn2)cc1. The maximum atomic E-state index is 12.4. The molecule has 0 aliphatic heterocycles. The number of anilines is 1. The highest BCUT2D eigenvalue weighted by Crippen LogP contribution is 2.10. The van der Waals surface area contributed by atoms with Crippen molar-refractivity contribution in [1.82, 2.24) is 30.3 Å². The molecule has 1 aromatic carbocycles. The second-order valence-corrected chi connectivity index (χ2v) is 8.45. The third kappa shape index (κ3) is 8.36. The third-order valence-corrected chi connectivity index (χ3v) is 5.74. The van der Waals surface area contributed by atoms with Crippen LogP contribution < -0.4 is 10.6 Å². The predicted octanol–water partition coefficient (Wildman–Crippen LogP) is 4.16. The molecule has 0 atom stereocenters. The number of carbonyl (C=O) groups is 1. The van der Waals surface area contributed by atoms with Gasteiger partial charge in [0.05, 0.1) is 18.4 Å². The van der Waals surface area contributed by atoms with Gasteiger partial charge < -0.3 is 15.6 Å². The van der Waals surface area contributed by atoms with Crippen molar-refractivity contribution in [2.24, 2.45) is 0 Å². The van der Waals surface area contributed by atoms with Gasteiger partial charge in [0.1, 0.15) is 0 Å². The number of aromatic nitrogens is 5. The van der Waals surface area contributed by atoms with E-state index in [-0.39, 0.29) is 5.91 Å². The minimum Gasteiger partial charge on any atom is -0.359 e. The molecule has 2 heterocycles. The Balaban J connectivity index is 1.29. The molecular formula is C25H37N7O. The predicted molar refractivity (Wildman–Crippen MR) is 131 cm³/mol. The van der Waals surface area contributed by atoms with Crippen molar-refractivity contribution in [3.8, 4) is 0 Å². The lowest BCUT2D eigenvalue weighted by Crippen LogP contribution is -2.27. The summed E-state index contributed by atoms with van der Waals surface area (Å²) in [6.45, 7) is 3.35. The monoisotopic (exact) mass is 451 g/mol. The fourth-order valence-electron chi connectivity index (χ4n) is 3.76. The number of carbonyl (C=O) groups excluding carboxylic acids is 1. The number of benzene rings is 1. The fraction of sp³-hybridized carbons (Fsp3) is 0.520. The van der Waals surface area contributed by atoms with E-state index < -0.39 is 0 Å². The van der Waals surface area contributed by atoms with Crippen LogP contribution in [0, 0.1) is 0 Å². The lowest BCUT2D eigenvalue weighted by Gasteiger charge is -2.06. The Kier molecular flexibility index (Phi) is 9.94. The molecule has 33 heavy (non-hydrogen) atoms. The van der Waals surface area contributed by atoms with Crippen LogP contribution in [0.4, 0.5) is 5.95 Å². The lowest BCUT2D eigenvalue weighted by molar-refractivity contribution is 0.0952. The summed E-state index contributed by atoms with van der Waals surface area (Å²) in [5.74, 6) is 0.767. The van der Waals surface area contributed by atoms with Gasteiger partial charge in [-0.1, -0.05) is 43.5 Å². The van der Waals surface area contributed by atoms with Crippen molar-refractivity contribution in [2.45, 2.75) is 71.3 Å². The first-order chi connectivity index (χ1) is 16.2. The number of aryl methyl sites for hydroxylation is 3. The van der Waals surface area contributed by atoms with Crippen LogP contribution >= 0.6 is 0 Å². The largest absolute Gasteiger partial charge is 0.359 e. The number of hydrogen-bond donors (Lipinski definition) is 3. The van der Waals surface area contributed by atoms with E-state index in [4.69, 9.17) is 0 Å². The van der Waals surface area contributed by atoms with Gasteiger partial charge in [-0.05, 0) is 56.2 Å². The highest BCUT2D eigenvalue weighted by Gasteiger charge is 2.06. The summed E-state index contributed by atoms with van der Waals surface area (Å²) >= 11 is 0. The number of hydrogen-bond acceptors (Lipinski definition) is 5. The van der Waals surface area contributed by atoms with Gasteiger partial charge in [0, 0.05) is 31.0 Å². The highest BCUT2D eigenvalue weighted by atomic mass is 16.1. The number of unbranched alkanes of at least 4 members (excludes halogenated alkanes) is 4. The van der Waals surface area contributed by atoms with E-state index >= 15 is 0 Å². The van der Waals surface area contributed by atoms with Gasteiger partial charge in [0.25, 0.3) is 5.91 Å². The normalized spacial score (nSPS) is 11.0. The van der Waals surface area contributed by atoms with Crippen molar-refractivity contribution >= 4 is 11.9 Å². The Bertz CT molecular complexity index is 961. The molecule has 8 nitrogen and oxygen atoms in total. The van der Waals surface area contributed by atoms with Crippen LogP contribution in [0.5, 0.6) is 0 Å². The van der Waals surface area contributed by atoms with Crippen molar-refractivity contribution in [2.75, 3.05) is 18.9 Å². The molecule has 8 heteroatoms. The van der Waals surface area contributed by atoms with Gasteiger partial charge in [-0.25, -0.2) is 4.98 Å².